The average Bonchev–Trinajstić information content (AvgIpc) is 2.53. The van der Waals surface area contributed by atoms with Crippen LogP contribution in [0, 0.1) is 0 Å². The summed E-state index contributed by atoms with van der Waals surface area (Å²) in [5.74, 6) is 0. The summed E-state index contributed by atoms with van der Waals surface area (Å²) >= 11 is 0. The van der Waals surface area contributed by atoms with E-state index >= 15 is 0 Å². The van der Waals surface area contributed by atoms with E-state index < -0.39 is 10.0 Å². The van der Waals surface area contributed by atoms with E-state index in [0.29, 0.717) is 24.6 Å². The number of hydrogen-bond donors (Lipinski definition) is 0. The van der Waals surface area contributed by atoms with Gasteiger partial charge in [-0.05, 0) is 28.7 Å². The molecule has 134 valence electrons. The quantitative estimate of drug-likeness (QED) is 0.820. The minimum absolute atomic E-state index is 0.00935. The molecule has 1 aliphatic heterocycles. The Morgan fingerprint density at radius 3 is 2.16 bits per heavy atom. The topological polar surface area (TPSA) is 46.6 Å². The van der Waals surface area contributed by atoms with E-state index in [1.54, 1.807) is 12.1 Å². The Hall–Kier alpha value is -1.69. The SMILES string of the molecule is CC(C)(C)c1ccc(S(=O)(=O)N2CC(OCc3ccccc3)C2)cc1. The van der Waals surface area contributed by atoms with Crippen molar-refractivity contribution in [3.05, 3.63) is 65.7 Å². The average molecular weight is 359 g/mol. The first kappa shape index (κ1) is 18.1. The van der Waals surface area contributed by atoms with Crippen LogP contribution >= 0.6 is 0 Å². The number of hydrogen-bond acceptors (Lipinski definition) is 3. The summed E-state index contributed by atoms with van der Waals surface area (Å²) in [4.78, 5) is 0.349. The Morgan fingerprint density at radius 2 is 1.60 bits per heavy atom. The molecular weight excluding hydrogens is 334 g/mol. The molecule has 0 radical (unpaired) electrons. The molecule has 1 saturated heterocycles. The van der Waals surface area contributed by atoms with Crippen LogP contribution in [0.2, 0.25) is 0 Å². The van der Waals surface area contributed by atoms with E-state index in [9.17, 15) is 8.42 Å². The molecule has 1 heterocycles. The molecule has 2 aromatic carbocycles. The maximum Gasteiger partial charge on any atom is 0.243 e. The fourth-order valence-corrected chi connectivity index (χ4v) is 4.27. The van der Waals surface area contributed by atoms with Gasteiger partial charge in [-0.15, -0.1) is 0 Å². The molecule has 0 atom stereocenters. The number of sulfonamides is 1. The lowest BCUT2D eigenvalue weighted by molar-refractivity contribution is -0.0295. The fourth-order valence-electron chi connectivity index (χ4n) is 2.77. The van der Waals surface area contributed by atoms with Crippen LogP contribution in [0.3, 0.4) is 0 Å². The smallest absolute Gasteiger partial charge is 0.243 e. The van der Waals surface area contributed by atoms with Gasteiger partial charge in [-0.2, -0.15) is 4.31 Å². The van der Waals surface area contributed by atoms with Crippen LogP contribution in [0.1, 0.15) is 31.9 Å². The monoisotopic (exact) mass is 359 g/mol. The molecule has 3 rings (SSSR count). The molecule has 0 aromatic heterocycles. The molecule has 1 fully saturated rings. The molecule has 25 heavy (non-hydrogen) atoms. The van der Waals surface area contributed by atoms with E-state index in [-0.39, 0.29) is 11.5 Å². The highest BCUT2D eigenvalue weighted by Crippen LogP contribution is 2.27. The van der Waals surface area contributed by atoms with Gasteiger partial charge in [-0.3, -0.25) is 0 Å². The zero-order valence-corrected chi connectivity index (χ0v) is 15.8. The molecule has 0 amide bonds. The second-order valence-corrected chi connectivity index (χ2v) is 9.45. The van der Waals surface area contributed by atoms with Crippen molar-refractivity contribution in [2.75, 3.05) is 13.1 Å². The van der Waals surface area contributed by atoms with E-state index in [2.05, 4.69) is 20.8 Å². The predicted octanol–water partition coefficient (Wildman–Crippen LogP) is 3.57. The van der Waals surface area contributed by atoms with Gasteiger partial charge in [0.15, 0.2) is 0 Å². The zero-order chi connectivity index (χ0) is 18.1. The fraction of sp³-hybridized carbons (Fsp3) is 0.400. The second-order valence-electron chi connectivity index (χ2n) is 7.52. The number of nitrogens with zero attached hydrogens (tertiary/aromatic N) is 1. The van der Waals surface area contributed by atoms with Gasteiger partial charge < -0.3 is 4.74 Å². The van der Waals surface area contributed by atoms with E-state index in [1.807, 2.05) is 42.5 Å². The summed E-state index contributed by atoms with van der Waals surface area (Å²) in [6.07, 6.45) is -0.0381. The normalized spacial score (nSPS) is 16.6. The van der Waals surface area contributed by atoms with Crippen molar-refractivity contribution < 1.29 is 13.2 Å². The van der Waals surface area contributed by atoms with Crippen molar-refractivity contribution in [3.63, 3.8) is 0 Å². The van der Waals surface area contributed by atoms with E-state index in [4.69, 9.17) is 4.74 Å². The molecule has 0 saturated carbocycles. The van der Waals surface area contributed by atoms with Crippen molar-refractivity contribution in [1.29, 1.82) is 0 Å². The van der Waals surface area contributed by atoms with Gasteiger partial charge in [-0.25, -0.2) is 8.42 Å². The molecule has 0 N–H and O–H groups in total. The standard InChI is InChI=1S/C20H25NO3S/c1-20(2,3)17-9-11-19(12-10-17)25(22,23)21-13-18(14-21)24-15-16-7-5-4-6-8-16/h4-12,18H,13-15H2,1-3H3. The Morgan fingerprint density at radius 1 is 1.00 bits per heavy atom. The number of rotatable bonds is 5. The van der Waals surface area contributed by atoms with Crippen LogP contribution in [0.25, 0.3) is 0 Å². The first-order valence-corrected chi connectivity index (χ1v) is 9.97. The van der Waals surface area contributed by atoms with E-state index in [0.717, 1.165) is 11.1 Å². The Labute approximate surface area is 150 Å². The number of benzene rings is 2. The van der Waals surface area contributed by atoms with Crippen molar-refractivity contribution in [2.45, 2.75) is 43.8 Å². The molecule has 5 heteroatoms. The molecule has 1 aliphatic rings. The third-order valence-electron chi connectivity index (χ3n) is 4.50. The van der Waals surface area contributed by atoms with Gasteiger partial charge >= 0.3 is 0 Å². The highest BCUT2D eigenvalue weighted by molar-refractivity contribution is 7.89. The Kier molecular flexibility index (Phi) is 5.00. The maximum atomic E-state index is 12.7. The first-order valence-electron chi connectivity index (χ1n) is 8.53. The summed E-state index contributed by atoms with van der Waals surface area (Å²) in [7, 11) is -3.43. The number of ether oxygens (including phenoxy) is 1. The van der Waals surface area contributed by atoms with Crippen LogP contribution in [0.15, 0.2) is 59.5 Å². The third-order valence-corrected chi connectivity index (χ3v) is 6.35. The van der Waals surface area contributed by atoms with Gasteiger partial charge in [0, 0.05) is 13.1 Å². The lowest BCUT2D eigenvalue weighted by atomic mass is 9.87. The highest BCUT2D eigenvalue weighted by atomic mass is 32.2. The summed E-state index contributed by atoms with van der Waals surface area (Å²) in [6, 6.07) is 17.1. The Bertz CT molecular complexity index is 802. The second kappa shape index (κ2) is 6.90. The van der Waals surface area contributed by atoms with Crippen molar-refractivity contribution in [3.8, 4) is 0 Å². The summed E-state index contributed by atoms with van der Waals surface area (Å²) < 4.78 is 32.6. The Balaban J connectivity index is 1.57. The molecule has 0 spiro atoms. The predicted molar refractivity (Wildman–Crippen MR) is 98.9 cm³/mol. The van der Waals surface area contributed by atoms with Crippen molar-refractivity contribution in [2.24, 2.45) is 0 Å². The van der Waals surface area contributed by atoms with E-state index in [1.165, 1.54) is 4.31 Å². The summed E-state index contributed by atoms with van der Waals surface area (Å²) in [5.41, 5.74) is 2.23. The lowest BCUT2D eigenvalue weighted by Crippen LogP contribution is -2.54. The van der Waals surface area contributed by atoms with Gasteiger partial charge in [0.05, 0.1) is 17.6 Å². The molecule has 2 aromatic rings. The van der Waals surface area contributed by atoms with Crippen LogP contribution in [0.4, 0.5) is 0 Å². The van der Waals surface area contributed by atoms with Gasteiger partial charge in [0.2, 0.25) is 10.0 Å². The van der Waals surface area contributed by atoms with Crippen molar-refractivity contribution >= 4 is 10.0 Å². The zero-order valence-electron chi connectivity index (χ0n) is 15.0. The first-order chi connectivity index (χ1) is 11.8. The van der Waals surface area contributed by atoms with Crippen LogP contribution in [-0.4, -0.2) is 31.9 Å². The minimum atomic E-state index is -3.43. The summed E-state index contributed by atoms with van der Waals surface area (Å²) in [5, 5.41) is 0. The highest BCUT2D eigenvalue weighted by Gasteiger charge is 2.37. The van der Waals surface area contributed by atoms with Crippen molar-refractivity contribution in [1.82, 2.24) is 4.31 Å². The van der Waals surface area contributed by atoms with Gasteiger partial charge in [0.25, 0.3) is 0 Å². The molecule has 4 nitrogen and oxygen atoms in total. The van der Waals surface area contributed by atoms with Crippen LogP contribution < -0.4 is 0 Å². The maximum absolute atomic E-state index is 12.7. The third kappa shape index (κ3) is 4.11. The lowest BCUT2D eigenvalue weighted by Gasteiger charge is -2.37. The van der Waals surface area contributed by atoms with Crippen LogP contribution in [-0.2, 0) is 26.8 Å². The van der Waals surface area contributed by atoms with Gasteiger partial charge in [-0.1, -0.05) is 63.2 Å². The molecular formula is C20H25NO3S. The van der Waals surface area contributed by atoms with Gasteiger partial charge in [0.1, 0.15) is 0 Å². The molecule has 0 aliphatic carbocycles. The minimum Gasteiger partial charge on any atom is -0.371 e. The molecule has 0 unspecified atom stereocenters. The summed E-state index contributed by atoms with van der Waals surface area (Å²) in [6.45, 7) is 7.67. The molecule has 0 bridgehead atoms. The largest absolute Gasteiger partial charge is 0.371 e. The van der Waals surface area contributed by atoms with Crippen LogP contribution in [0.5, 0.6) is 0 Å².